The van der Waals surface area contributed by atoms with Gasteiger partial charge in [0.05, 0.1) is 0 Å². The van der Waals surface area contributed by atoms with Gasteiger partial charge < -0.3 is 14.6 Å². The summed E-state index contributed by atoms with van der Waals surface area (Å²) >= 11 is 0. The first-order valence-corrected chi connectivity index (χ1v) is 4.41. The van der Waals surface area contributed by atoms with Gasteiger partial charge in [-0.1, -0.05) is 24.8 Å². The van der Waals surface area contributed by atoms with Crippen molar-refractivity contribution in [2.75, 3.05) is 13.2 Å². The first-order chi connectivity index (χ1) is 7.24. The molecule has 1 aromatic carbocycles. The lowest BCUT2D eigenvalue weighted by Crippen LogP contribution is -2.10. The second-order valence-electron chi connectivity index (χ2n) is 2.73. The fourth-order valence-electron chi connectivity index (χ4n) is 0.977. The van der Waals surface area contributed by atoms with Crippen LogP contribution in [0.15, 0.2) is 36.9 Å². The van der Waals surface area contributed by atoms with Crippen molar-refractivity contribution in [1.29, 1.82) is 0 Å². The quantitative estimate of drug-likeness (QED) is 0.723. The number of carbonyl (C=O) groups is 1. The third kappa shape index (κ3) is 3.72. The molecule has 1 N–H and O–H groups in total. The SMILES string of the molecule is C=CCOc1ccccc1OCC(=O)O. The normalized spacial score (nSPS) is 9.33. The molecule has 0 aromatic heterocycles. The zero-order valence-corrected chi connectivity index (χ0v) is 8.18. The molecular weight excluding hydrogens is 196 g/mol. The Morgan fingerprint density at radius 3 is 2.47 bits per heavy atom. The van der Waals surface area contributed by atoms with E-state index in [0.29, 0.717) is 18.1 Å². The van der Waals surface area contributed by atoms with Crippen molar-refractivity contribution >= 4 is 5.97 Å². The topological polar surface area (TPSA) is 55.8 Å². The highest BCUT2D eigenvalue weighted by molar-refractivity contribution is 5.68. The minimum atomic E-state index is -1.02. The second kappa shape index (κ2) is 5.70. The predicted octanol–water partition coefficient (Wildman–Crippen LogP) is 1.71. The van der Waals surface area contributed by atoms with Crippen molar-refractivity contribution in [2.45, 2.75) is 0 Å². The van der Waals surface area contributed by atoms with Crippen molar-refractivity contribution in [3.05, 3.63) is 36.9 Å². The number of hydrogen-bond acceptors (Lipinski definition) is 3. The number of carboxylic acids is 1. The van der Waals surface area contributed by atoms with Gasteiger partial charge in [0.25, 0.3) is 0 Å². The van der Waals surface area contributed by atoms with E-state index >= 15 is 0 Å². The highest BCUT2D eigenvalue weighted by atomic mass is 16.5. The average Bonchev–Trinajstić information content (AvgIpc) is 2.24. The molecule has 4 heteroatoms. The summed E-state index contributed by atoms with van der Waals surface area (Å²) in [5.41, 5.74) is 0. The Balaban J connectivity index is 2.67. The minimum absolute atomic E-state index is 0.355. The zero-order chi connectivity index (χ0) is 11.1. The van der Waals surface area contributed by atoms with Crippen LogP contribution in [0.2, 0.25) is 0 Å². The van der Waals surface area contributed by atoms with Crippen LogP contribution >= 0.6 is 0 Å². The number of ether oxygens (including phenoxy) is 2. The van der Waals surface area contributed by atoms with E-state index in [9.17, 15) is 4.79 Å². The molecule has 0 unspecified atom stereocenters. The largest absolute Gasteiger partial charge is 0.486 e. The van der Waals surface area contributed by atoms with Crippen molar-refractivity contribution in [3.63, 3.8) is 0 Å². The maximum atomic E-state index is 10.3. The number of rotatable bonds is 6. The van der Waals surface area contributed by atoms with Gasteiger partial charge in [-0.25, -0.2) is 4.79 Å². The molecule has 0 spiro atoms. The average molecular weight is 208 g/mol. The molecule has 80 valence electrons. The predicted molar refractivity (Wildman–Crippen MR) is 55.3 cm³/mol. The highest BCUT2D eigenvalue weighted by Crippen LogP contribution is 2.26. The van der Waals surface area contributed by atoms with E-state index in [4.69, 9.17) is 14.6 Å². The van der Waals surface area contributed by atoms with Gasteiger partial charge >= 0.3 is 5.97 Å². The monoisotopic (exact) mass is 208 g/mol. The third-order valence-electron chi connectivity index (χ3n) is 1.56. The van der Waals surface area contributed by atoms with Gasteiger partial charge in [0, 0.05) is 0 Å². The molecule has 0 saturated heterocycles. The van der Waals surface area contributed by atoms with Crippen LogP contribution in [-0.4, -0.2) is 24.3 Å². The van der Waals surface area contributed by atoms with Gasteiger partial charge in [-0.15, -0.1) is 0 Å². The molecule has 4 nitrogen and oxygen atoms in total. The fraction of sp³-hybridized carbons (Fsp3) is 0.182. The van der Waals surface area contributed by atoms with E-state index in [-0.39, 0.29) is 6.61 Å². The Labute approximate surface area is 87.7 Å². The van der Waals surface area contributed by atoms with Crippen LogP contribution in [0.5, 0.6) is 11.5 Å². The molecule has 0 radical (unpaired) electrons. The molecule has 0 saturated carbocycles. The maximum Gasteiger partial charge on any atom is 0.341 e. The van der Waals surface area contributed by atoms with Gasteiger partial charge in [-0.3, -0.25) is 0 Å². The molecule has 0 fully saturated rings. The van der Waals surface area contributed by atoms with Crippen LogP contribution in [0.25, 0.3) is 0 Å². The molecule has 0 bridgehead atoms. The van der Waals surface area contributed by atoms with Crippen LogP contribution in [0.3, 0.4) is 0 Å². The molecule has 0 aliphatic carbocycles. The number of carboxylic acid groups (broad SMARTS) is 1. The second-order valence-corrected chi connectivity index (χ2v) is 2.73. The van der Waals surface area contributed by atoms with Crippen LogP contribution in [-0.2, 0) is 4.79 Å². The zero-order valence-electron chi connectivity index (χ0n) is 8.18. The summed E-state index contributed by atoms with van der Waals surface area (Å²) in [6, 6.07) is 6.89. The Hall–Kier alpha value is -1.97. The number of hydrogen-bond donors (Lipinski definition) is 1. The summed E-state index contributed by atoms with van der Waals surface area (Å²) in [5.74, 6) is -0.0890. The molecular formula is C11H12O4. The van der Waals surface area contributed by atoms with Gasteiger partial charge in [0.1, 0.15) is 6.61 Å². The molecule has 0 amide bonds. The Bertz CT molecular complexity index is 346. The van der Waals surface area contributed by atoms with Crippen LogP contribution in [0.1, 0.15) is 0 Å². The standard InChI is InChI=1S/C11H12O4/c1-2-7-14-9-5-3-4-6-10(9)15-8-11(12)13/h2-6H,1,7-8H2,(H,12,13). The van der Waals surface area contributed by atoms with Gasteiger partial charge in [0.15, 0.2) is 18.1 Å². The van der Waals surface area contributed by atoms with E-state index in [2.05, 4.69) is 6.58 Å². The van der Waals surface area contributed by atoms with Crippen molar-refractivity contribution in [2.24, 2.45) is 0 Å². The molecule has 0 atom stereocenters. The van der Waals surface area contributed by atoms with Crippen LogP contribution in [0, 0.1) is 0 Å². The summed E-state index contributed by atoms with van der Waals surface area (Å²) < 4.78 is 10.3. The minimum Gasteiger partial charge on any atom is -0.486 e. The van der Waals surface area contributed by atoms with Gasteiger partial charge in [0.2, 0.25) is 0 Å². The van der Waals surface area contributed by atoms with Gasteiger partial charge in [-0.05, 0) is 12.1 Å². The molecule has 0 aliphatic heterocycles. The summed E-state index contributed by atoms with van der Waals surface area (Å²) in [6.45, 7) is 3.49. The van der Waals surface area contributed by atoms with E-state index in [1.807, 2.05) is 0 Å². The molecule has 0 aliphatic rings. The lowest BCUT2D eigenvalue weighted by molar-refractivity contribution is -0.139. The first-order valence-electron chi connectivity index (χ1n) is 4.41. The lowest BCUT2D eigenvalue weighted by atomic mass is 10.3. The number of para-hydroxylation sites is 2. The van der Waals surface area contributed by atoms with Crippen molar-refractivity contribution in [3.8, 4) is 11.5 Å². The summed E-state index contributed by atoms with van der Waals surface area (Å²) in [7, 11) is 0. The van der Waals surface area contributed by atoms with E-state index in [0.717, 1.165) is 0 Å². The fourth-order valence-corrected chi connectivity index (χ4v) is 0.977. The third-order valence-corrected chi connectivity index (χ3v) is 1.56. The maximum absolute atomic E-state index is 10.3. The smallest absolute Gasteiger partial charge is 0.341 e. The van der Waals surface area contributed by atoms with E-state index < -0.39 is 5.97 Å². The Morgan fingerprint density at radius 2 is 1.93 bits per heavy atom. The van der Waals surface area contributed by atoms with E-state index in [1.165, 1.54) is 0 Å². The Kier molecular flexibility index (Phi) is 4.22. The van der Waals surface area contributed by atoms with Crippen molar-refractivity contribution < 1.29 is 19.4 Å². The van der Waals surface area contributed by atoms with Crippen LogP contribution < -0.4 is 9.47 Å². The number of benzene rings is 1. The first kappa shape index (κ1) is 11.1. The lowest BCUT2D eigenvalue weighted by Gasteiger charge is -2.09. The highest BCUT2D eigenvalue weighted by Gasteiger charge is 2.05. The van der Waals surface area contributed by atoms with Crippen LogP contribution in [0.4, 0.5) is 0 Å². The Morgan fingerprint density at radius 1 is 1.33 bits per heavy atom. The van der Waals surface area contributed by atoms with Gasteiger partial charge in [-0.2, -0.15) is 0 Å². The molecule has 1 rings (SSSR count). The molecule has 15 heavy (non-hydrogen) atoms. The summed E-state index contributed by atoms with van der Waals surface area (Å²) in [6.07, 6.45) is 1.61. The van der Waals surface area contributed by atoms with Crippen molar-refractivity contribution in [1.82, 2.24) is 0 Å². The summed E-state index contributed by atoms with van der Waals surface area (Å²) in [4.78, 5) is 10.3. The number of aliphatic carboxylic acids is 1. The van der Waals surface area contributed by atoms with E-state index in [1.54, 1.807) is 30.3 Å². The summed E-state index contributed by atoms with van der Waals surface area (Å²) in [5, 5.41) is 8.46. The molecule has 0 heterocycles. The molecule has 1 aromatic rings.